The van der Waals surface area contributed by atoms with Crippen LogP contribution in [0.2, 0.25) is 0 Å². The summed E-state index contributed by atoms with van der Waals surface area (Å²) in [6.07, 6.45) is 0. The predicted molar refractivity (Wildman–Crippen MR) is 70.9 cm³/mol. The fraction of sp³-hybridized carbons (Fsp3) is 0.417. The molecule has 0 unspecified atom stereocenters. The molecule has 0 bridgehead atoms. The van der Waals surface area contributed by atoms with Gasteiger partial charge in [-0.2, -0.15) is 0 Å². The van der Waals surface area contributed by atoms with Crippen molar-refractivity contribution in [2.75, 3.05) is 37.6 Å². The van der Waals surface area contributed by atoms with Crippen LogP contribution in [0, 0.1) is 21.7 Å². The van der Waals surface area contributed by atoms with Crippen LogP contribution in [-0.4, -0.2) is 48.5 Å². The Morgan fingerprint density at radius 1 is 1.29 bits per heavy atom. The van der Waals surface area contributed by atoms with Crippen LogP contribution in [0.4, 0.5) is 20.2 Å². The van der Waals surface area contributed by atoms with Crippen molar-refractivity contribution in [2.24, 2.45) is 5.73 Å². The number of carbonyl (C=O) groups is 1. The SMILES string of the molecule is NC(=O)CN1CCN(c2c([N+](=O)[O-])ccc(F)c2F)CC1. The first kappa shape index (κ1) is 15.1. The van der Waals surface area contributed by atoms with Crippen LogP contribution in [0.25, 0.3) is 0 Å². The van der Waals surface area contributed by atoms with Crippen LogP contribution in [0.15, 0.2) is 12.1 Å². The smallest absolute Gasteiger partial charge is 0.295 e. The molecule has 2 rings (SSSR count). The predicted octanol–water partition coefficient (Wildman–Crippen LogP) is 0.480. The minimum Gasteiger partial charge on any atom is -0.369 e. The van der Waals surface area contributed by atoms with Crippen molar-refractivity contribution in [1.29, 1.82) is 0 Å². The van der Waals surface area contributed by atoms with Crippen molar-refractivity contribution < 1.29 is 18.5 Å². The molecule has 2 N–H and O–H groups in total. The third kappa shape index (κ3) is 3.24. The largest absolute Gasteiger partial charge is 0.369 e. The molecule has 9 heteroatoms. The lowest BCUT2D eigenvalue weighted by molar-refractivity contribution is -0.384. The number of nitrogens with two attached hydrogens (primary N) is 1. The van der Waals surface area contributed by atoms with E-state index in [1.165, 1.54) is 4.90 Å². The van der Waals surface area contributed by atoms with Gasteiger partial charge in [0.25, 0.3) is 5.69 Å². The molecule has 21 heavy (non-hydrogen) atoms. The minimum absolute atomic E-state index is 0.0710. The molecule has 7 nitrogen and oxygen atoms in total. The first-order valence-electron chi connectivity index (χ1n) is 6.28. The highest BCUT2D eigenvalue weighted by atomic mass is 19.2. The highest BCUT2D eigenvalue weighted by Gasteiger charge is 2.29. The molecule has 0 radical (unpaired) electrons. The van der Waals surface area contributed by atoms with E-state index in [0.717, 1.165) is 12.1 Å². The third-order valence-corrected chi connectivity index (χ3v) is 3.31. The summed E-state index contributed by atoms with van der Waals surface area (Å²) in [7, 11) is 0. The Balaban J connectivity index is 2.22. The number of halogens is 2. The fourth-order valence-corrected chi connectivity index (χ4v) is 2.33. The average Bonchev–Trinajstić information content (AvgIpc) is 2.42. The van der Waals surface area contributed by atoms with Crippen molar-refractivity contribution in [1.82, 2.24) is 4.90 Å². The van der Waals surface area contributed by atoms with Gasteiger partial charge >= 0.3 is 0 Å². The van der Waals surface area contributed by atoms with E-state index in [2.05, 4.69) is 0 Å². The summed E-state index contributed by atoms with van der Waals surface area (Å²) in [5, 5.41) is 11.0. The van der Waals surface area contributed by atoms with Gasteiger partial charge < -0.3 is 10.6 Å². The lowest BCUT2D eigenvalue weighted by Gasteiger charge is -2.35. The van der Waals surface area contributed by atoms with E-state index in [0.29, 0.717) is 13.1 Å². The molecule has 1 amide bonds. The number of hydrogen-bond acceptors (Lipinski definition) is 5. The second kappa shape index (κ2) is 6.00. The summed E-state index contributed by atoms with van der Waals surface area (Å²) in [6.45, 7) is 1.33. The molecule has 0 saturated carbocycles. The van der Waals surface area contributed by atoms with E-state index >= 15 is 0 Å². The van der Waals surface area contributed by atoms with E-state index in [-0.39, 0.29) is 25.3 Å². The zero-order chi connectivity index (χ0) is 15.6. The fourth-order valence-electron chi connectivity index (χ4n) is 2.33. The Morgan fingerprint density at radius 2 is 1.90 bits per heavy atom. The Kier molecular flexibility index (Phi) is 4.32. The first-order chi connectivity index (χ1) is 9.90. The van der Waals surface area contributed by atoms with E-state index in [1.54, 1.807) is 4.90 Å². The number of primary amides is 1. The summed E-state index contributed by atoms with van der Waals surface area (Å²) in [5.41, 5.74) is 4.26. The van der Waals surface area contributed by atoms with Crippen LogP contribution in [0.1, 0.15) is 0 Å². The third-order valence-electron chi connectivity index (χ3n) is 3.31. The second-order valence-corrected chi connectivity index (χ2v) is 4.72. The molecule has 114 valence electrons. The zero-order valence-electron chi connectivity index (χ0n) is 11.1. The van der Waals surface area contributed by atoms with E-state index < -0.39 is 28.2 Å². The van der Waals surface area contributed by atoms with Gasteiger partial charge in [0, 0.05) is 32.2 Å². The van der Waals surface area contributed by atoms with Gasteiger partial charge in [-0.15, -0.1) is 0 Å². The molecule has 1 aliphatic heterocycles. The van der Waals surface area contributed by atoms with Gasteiger partial charge in [0.1, 0.15) is 0 Å². The number of nitrogens with zero attached hydrogens (tertiary/aromatic N) is 3. The van der Waals surface area contributed by atoms with Crippen LogP contribution >= 0.6 is 0 Å². The van der Waals surface area contributed by atoms with Gasteiger partial charge in [-0.1, -0.05) is 0 Å². The molecular formula is C12H14F2N4O3. The Hall–Kier alpha value is -2.29. The molecule has 1 fully saturated rings. The summed E-state index contributed by atoms with van der Waals surface area (Å²) < 4.78 is 27.2. The van der Waals surface area contributed by atoms with Gasteiger partial charge in [-0.3, -0.25) is 19.8 Å². The number of carbonyl (C=O) groups excluding carboxylic acids is 1. The topological polar surface area (TPSA) is 92.7 Å². The zero-order valence-corrected chi connectivity index (χ0v) is 11.1. The van der Waals surface area contributed by atoms with Gasteiger partial charge in [0.2, 0.25) is 5.91 Å². The number of rotatable bonds is 4. The lowest BCUT2D eigenvalue weighted by Crippen LogP contribution is -2.49. The van der Waals surface area contributed by atoms with Crippen LogP contribution in [0.5, 0.6) is 0 Å². The van der Waals surface area contributed by atoms with Gasteiger partial charge in [-0.05, 0) is 6.07 Å². The van der Waals surface area contributed by atoms with Crippen molar-refractivity contribution >= 4 is 17.3 Å². The summed E-state index contributed by atoms with van der Waals surface area (Å²) in [4.78, 5) is 24.2. The molecule has 0 aromatic heterocycles. The molecule has 0 aliphatic carbocycles. The monoisotopic (exact) mass is 300 g/mol. The summed E-state index contributed by atoms with van der Waals surface area (Å²) in [5.74, 6) is -2.84. The maximum absolute atomic E-state index is 13.9. The quantitative estimate of drug-likeness (QED) is 0.645. The molecular weight excluding hydrogens is 286 g/mol. The standard InChI is InChI=1S/C12H14F2N4O3/c13-8-1-2-9(18(20)21)12(11(8)14)17-5-3-16(4-6-17)7-10(15)19/h1-2H,3-7H2,(H2,15,19). The number of benzene rings is 1. The number of piperazine rings is 1. The molecule has 0 atom stereocenters. The maximum atomic E-state index is 13.9. The van der Waals surface area contributed by atoms with Gasteiger partial charge in [-0.25, -0.2) is 8.78 Å². The number of nitro groups is 1. The minimum atomic E-state index is -1.23. The highest BCUT2D eigenvalue weighted by Crippen LogP contribution is 2.33. The van der Waals surface area contributed by atoms with Crippen LogP contribution < -0.4 is 10.6 Å². The van der Waals surface area contributed by atoms with Crippen molar-refractivity contribution in [2.45, 2.75) is 0 Å². The number of anilines is 1. The lowest BCUT2D eigenvalue weighted by atomic mass is 10.2. The molecule has 1 heterocycles. The average molecular weight is 300 g/mol. The summed E-state index contributed by atoms with van der Waals surface area (Å²) in [6, 6.07) is 1.68. The van der Waals surface area contributed by atoms with E-state index in [9.17, 15) is 23.7 Å². The molecule has 1 aromatic rings. The molecule has 1 aromatic carbocycles. The van der Waals surface area contributed by atoms with Crippen LogP contribution in [0.3, 0.4) is 0 Å². The first-order valence-corrected chi connectivity index (χ1v) is 6.28. The van der Waals surface area contributed by atoms with Crippen molar-refractivity contribution in [3.8, 4) is 0 Å². The highest BCUT2D eigenvalue weighted by molar-refractivity contribution is 5.76. The summed E-state index contributed by atoms with van der Waals surface area (Å²) >= 11 is 0. The Bertz CT molecular complexity index is 574. The second-order valence-electron chi connectivity index (χ2n) is 4.72. The number of amides is 1. The molecule has 1 aliphatic rings. The van der Waals surface area contributed by atoms with Gasteiger partial charge in [0.05, 0.1) is 11.5 Å². The number of nitro benzene ring substituents is 1. The number of hydrogen-bond donors (Lipinski definition) is 1. The van der Waals surface area contributed by atoms with Crippen LogP contribution in [-0.2, 0) is 4.79 Å². The maximum Gasteiger partial charge on any atom is 0.295 e. The Morgan fingerprint density at radius 3 is 2.43 bits per heavy atom. The van der Waals surface area contributed by atoms with Crippen molar-refractivity contribution in [3.63, 3.8) is 0 Å². The van der Waals surface area contributed by atoms with E-state index in [1.807, 2.05) is 0 Å². The van der Waals surface area contributed by atoms with E-state index in [4.69, 9.17) is 5.73 Å². The molecule has 1 saturated heterocycles. The Labute approximate surface area is 119 Å². The normalized spacial score (nSPS) is 16.0. The van der Waals surface area contributed by atoms with Gasteiger partial charge in [0.15, 0.2) is 17.3 Å². The van der Waals surface area contributed by atoms with Crippen molar-refractivity contribution in [3.05, 3.63) is 33.9 Å². The molecule has 0 spiro atoms.